The fourth-order valence-corrected chi connectivity index (χ4v) is 1.44. The van der Waals surface area contributed by atoms with E-state index in [-0.39, 0.29) is 37.0 Å². The van der Waals surface area contributed by atoms with E-state index in [2.05, 4.69) is 10.0 Å². The van der Waals surface area contributed by atoms with Crippen molar-refractivity contribution in [2.75, 3.05) is 6.54 Å². The van der Waals surface area contributed by atoms with Crippen molar-refractivity contribution in [1.82, 2.24) is 0 Å². The smallest absolute Gasteiger partial charge is 0.225 e. The second kappa shape index (κ2) is 6.98. The molecule has 1 aromatic carbocycles. The third kappa shape index (κ3) is 4.19. The molecule has 6 heteroatoms. The first-order valence-corrected chi connectivity index (χ1v) is 5.28. The molecule has 0 radical (unpaired) electrons. The van der Waals surface area contributed by atoms with E-state index in [0.717, 1.165) is 0 Å². The van der Waals surface area contributed by atoms with Gasteiger partial charge in [0.15, 0.2) is 6.29 Å². The number of ketones is 2. The molecular weight excluding hydrogens is 234 g/mol. The first kappa shape index (κ1) is 13.6. The Morgan fingerprint density at radius 1 is 1.39 bits per heavy atom. The molecule has 0 aliphatic rings. The Morgan fingerprint density at radius 3 is 2.83 bits per heavy atom. The van der Waals surface area contributed by atoms with Crippen molar-refractivity contribution in [3.63, 3.8) is 0 Å². The number of benzene rings is 1. The Bertz CT molecular complexity index is 519. The van der Waals surface area contributed by atoms with Crippen LogP contribution in [0.5, 0.6) is 0 Å². The molecule has 0 fully saturated rings. The van der Waals surface area contributed by atoms with Gasteiger partial charge in [0.25, 0.3) is 0 Å². The SMILES string of the molecule is [N-]=[N+]=NCCC(=O)Cc1cccc(C(=O)C=O)c1. The fraction of sp³-hybridized carbons (Fsp3) is 0.250. The van der Waals surface area contributed by atoms with Crippen LogP contribution in [0.1, 0.15) is 22.3 Å². The summed E-state index contributed by atoms with van der Waals surface area (Å²) < 4.78 is 0. The average Bonchev–Trinajstić information content (AvgIpc) is 2.38. The molecule has 0 bridgehead atoms. The molecule has 6 nitrogen and oxygen atoms in total. The molecule has 0 aromatic heterocycles. The number of carbonyl (C=O) groups is 3. The summed E-state index contributed by atoms with van der Waals surface area (Å²) in [5.41, 5.74) is 9.00. The van der Waals surface area contributed by atoms with Crippen molar-refractivity contribution in [1.29, 1.82) is 0 Å². The average molecular weight is 245 g/mol. The lowest BCUT2D eigenvalue weighted by Gasteiger charge is -2.01. The number of carbonyl (C=O) groups excluding carboxylic acids is 3. The minimum absolute atomic E-state index is 0.0851. The zero-order chi connectivity index (χ0) is 13.4. The van der Waals surface area contributed by atoms with Crippen molar-refractivity contribution in [2.24, 2.45) is 5.11 Å². The standard InChI is InChI=1S/C12H11N3O3/c13-15-14-5-4-11(17)7-9-2-1-3-10(6-9)12(18)8-16/h1-3,6,8H,4-5,7H2. The maximum atomic E-state index is 11.5. The molecule has 1 rings (SSSR count). The Labute approximate surface area is 103 Å². The van der Waals surface area contributed by atoms with E-state index in [1.54, 1.807) is 12.1 Å². The van der Waals surface area contributed by atoms with Gasteiger partial charge in [-0.05, 0) is 17.2 Å². The van der Waals surface area contributed by atoms with Crippen molar-refractivity contribution < 1.29 is 14.4 Å². The number of Topliss-reactive ketones (excluding diaryl/α,β-unsaturated/α-hetero) is 2. The van der Waals surface area contributed by atoms with Crippen LogP contribution in [0.25, 0.3) is 10.4 Å². The van der Waals surface area contributed by atoms with E-state index < -0.39 is 5.78 Å². The van der Waals surface area contributed by atoms with Crippen LogP contribution in [-0.2, 0) is 16.0 Å². The van der Waals surface area contributed by atoms with Crippen LogP contribution >= 0.6 is 0 Å². The van der Waals surface area contributed by atoms with Crippen LogP contribution in [0, 0.1) is 0 Å². The lowest BCUT2D eigenvalue weighted by molar-refractivity contribution is -0.118. The van der Waals surface area contributed by atoms with Gasteiger partial charge in [0.05, 0.1) is 0 Å². The maximum absolute atomic E-state index is 11.5. The molecule has 0 spiro atoms. The Balaban J connectivity index is 2.67. The number of aldehydes is 1. The number of nitrogens with zero attached hydrogens (tertiary/aromatic N) is 3. The van der Waals surface area contributed by atoms with Crippen LogP contribution < -0.4 is 0 Å². The second-order valence-electron chi connectivity index (χ2n) is 3.60. The van der Waals surface area contributed by atoms with Gasteiger partial charge in [-0.1, -0.05) is 23.3 Å². The number of rotatable bonds is 7. The highest BCUT2D eigenvalue weighted by molar-refractivity contribution is 6.33. The third-order valence-corrected chi connectivity index (χ3v) is 2.27. The van der Waals surface area contributed by atoms with Gasteiger partial charge in [-0.3, -0.25) is 14.4 Å². The van der Waals surface area contributed by atoms with Gasteiger partial charge >= 0.3 is 0 Å². The first-order chi connectivity index (χ1) is 8.67. The molecule has 0 atom stereocenters. The fourth-order valence-electron chi connectivity index (χ4n) is 1.44. The predicted molar refractivity (Wildman–Crippen MR) is 64.2 cm³/mol. The molecule has 0 amide bonds. The van der Waals surface area contributed by atoms with Crippen LogP contribution in [0.15, 0.2) is 29.4 Å². The Kier molecular flexibility index (Phi) is 5.28. The number of hydrogen-bond donors (Lipinski definition) is 0. The van der Waals surface area contributed by atoms with E-state index in [1.807, 2.05) is 0 Å². The molecule has 0 heterocycles. The monoisotopic (exact) mass is 245 g/mol. The number of hydrogen-bond acceptors (Lipinski definition) is 4. The van der Waals surface area contributed by atoms with Crippen LogP contribution in [0.3, 0.4) is 0 Å². The quantitative estimate of drug-likeness (QED) is 0.183. The summed E-state index contributed by atoms with van der Waals surface area (Å²) in [6, 6.07) is 6.35. The van der Waals surface area contributed by atoms with E-state index in [1.165, 1.54) is 12.1 Å². The second-order valence-corrected chi connectivity index (χ2v) is 3.60. The molecule has 0 unspecified atom stereocenters. The van der Waals surface area contributed by atoms with E-state index in [4.69, 9.17) is 5.53 Å². The Morgan fingerprint density at radius 2 is 2.17 bits per heavy atom. The third-order valence-electron chi connectivity index (χ3n) is 2.27. The zero-order valence-corrected chi connectivity index (χ0v) is 9.57. The topological polar surface area (TPSA) is 100.0 Å². The summed E-state index contributed by atoms with van der Waals surface area (Å²) in [4.78, 5) is 35.6. The van der Waals surface area contributed by atoms with E-state index in [0.29, 0.717) is 5.56 Å². The van der Waals surface area contributed by atoms with Gasteiger partial charge in [0, 0.05) is 29.9 Å². The van der Waals surface area contributed by atoms with Crippen molar-refractivity contribution in [2.45, 2.75) is 12.8 Å². The first-order valence-electron chi connectivity index (χ1n) is 5.28. The molecule has 0 aliphatic heterocycles. The van der Waals surface area contributed by atoms with Crippen molar-refractivity contribution >= 4 is 17.9 Å². The zero-order valence-electron chi connectivity index (χ0n) is 9.57. The van der Waals surface area contributed by atoms with E-state index in [9.17, 15) is 14.4 Å². The van der Waals surface area contributed by atoms with Crippen LogP contribution in [0.4, 0.5) is 0 Å². The minimum Gasteiger partial charge on any atom is -0.299 e. The number of azide groups is 1. The van der Waals surface area contributed by atoms with Crippen LogP contribution in [-0.4, -0.2) is 24.4 Å². The lowest BCUT2D eigenvalue weighted by atomic mass is 10.0. The molecule has 0 aliphatic carbocycles. The molecule has 0 saturated heterocycles. The molecule has 1 aromatic rings. The summed E-state index contributed by atoms with van der Waals surface area (Å²) in [7, 11) is 0. The molecule has 0 saturated carbocycles. The summed E-state index contributed by atoms with van der Waals surface area (Å²) in [5, 5.41) is 3.27. The lowest BCUT2D eigenvalue weighted by Crippen LogP contribution is -2.06. The molecule has 18 heavy (non-hydrogen) atoms. The normalized spacial score (nSPS) is 9.33. The predicted octanol–water partition coefficient (Wildman–Crippen LogP) is 1.88. The maximum Gasteiger partial charge on any atom is 0.225 e. The molecule has 92 valence electrons. The summed E-state index contributed by atoms with van der Waals surface area (Å²) in [5.74, 6) is -0.698. The summed E-state index contributed by atoms with van der Waals surface area (Å²) in [6.07, 6.45) is 0.555. The van der Waals surface area contributed by atoms with Gasteiger partial charge in [0.1, 0.15) is 5.78 Å². The highest BCUT2D eigenvalue weighted by Crippen LogP contribution is 2.07. The van der Waals surface area contributed by atoms with E-state index >= 15 is 0 Å². The summed E-state index contributed by atoms with van der Waals surface area (Å²) >= 11 is 0. The largest absolute Gasteiger partial charge is 0.299 e. The van der Waals surface area contributed by atoms with Gasteiger partial charge in [-0.25, -0.2) is 0 Å². The van der Waals surface area contributed by atoms with Crippen molar-refractivity contribution in [3.8, 4) is 0 Å². The van der Waals surface area contributed by atoms with Gasteiger partial charge < -0.3 is 0 Å². The van der Waals surface area contributed by atoms with Gasteiger partial charge in [0.2, 0.25) is 5.78 Å². The highest BCUT2D eigenvalue weighted by Gasteiger charge is 2.07. The minimum atomic E-state index is -0.613. The Hall–Kier alpha value is -2.46. The van der Waals surface area contributed by atoms with Crippen LogP contribution in [0.2, 0.25) is 0 Å². The van der Waals surface area contributed by atoms with Gasteiger partial charge in [-0.2, -0.15) is 0 Å². The summed E-state index contributed by atoms with van der Waals surface area (Å²) in [6.45, 7) is 0.127. The molecule has 0 N–H and O–H groups in total. The highest BCUT2D eigenvalue weighted by atomic mass is 16.2. The molecular formula is C12H11N3O3. The van der Waals surface area contributed by atoms with Crippen molar-refractivity contribution in [3.05, 3.63) is 45.8 Å². The van der Waals surface area contributed by atoms with Gasteiger partial charge in [-0.15, -0.1) is 0 Å².